The van der Waals surface area contributed by atoms with Gasteiger partial charge in [-0.05, 0) is 32.8 Å². The number of rotatable bonds is 6. The number of benzene rings is 1. The summed E-state index contributed by atoms with van der Waals surface area (Å²) in [5.41, 5.74) is 1.77. The van der Waals surface area contributed by atoms with Crippen LogP contribution in [0.4, 0.5) is 8.78 Å². The minimum absolute atomic E-state index is 0.314. The summed E-state index contributed by atoms with van der Waals surface area (Å²) in [5.74, 6) is -0.506. The van der Waals surface area contributed by atoms with Crippen LogP contribution < -0.4 is 10.6 Å². The Kier molecular flexibility index (Phi) is 7.18. The van der Waals surface area contributed by atoms with E-state index in [9.17, 15) is 8.78 Å². The Hall–Kier alpha value is -1.95. The molecule has 1 aromatic rings. The standard InChI is InChI=1S/C18H25F2N3O/c1-3-21-18(22-9-6-14-7-10-24-11-8-14)23-13(2)16-5-4-15(19)12-17(16)20/h4-5,7,12-13H,3,6,8-11H2,1-2H3,(H2,21,22,23). The van der Waals surface area contributed by atoms with Gasteiger partial charge in [0.2, 0.25) is 0 Å². The van der Waals surface area contributed by atoms with Crippen molar-refractivity contribution in [3.05, 3.63) is 47.0 Å². The first-order chi connectivity index (χ1) is 11.6. The lowest BCUT2D eigenvalue weighted by Gasteiger charge is -2.19. The predicted octanol–water partition coefficient (Wildman–Crippen LogP) is 3.32. The van der Waals surface area contributed by atoms with E-state index in [4.69, 9.17) is 4.74 Å². The normalized spacial score (nSPS) is 16.5. The van der Waals surface area contributed by atoms with E-state index in [1.807, 2.05) is 13.8 Å². The maximum absolute atomic E-state index is 13.9. The molecule has 0 amide bonds. The molecule has 0 saturated carbocycles. The second-order valence-electron chi connectivity index (χ2n) is 5.73. The quantitative estimate of drug-likeness (QED) is 0.475. The maximum atomic E-state index is 13.9. The molecular formula is C18H25F2N3O. The van der Waals surface area contributed by atoms with E-state index in [1.165, 1.54) is 17.7 Å². The molecule has 1 unspecified atom stereocenters. The van der Waals surface area contributed by atoms with Crippen molar-refractivity contribution >= 4 is 5.96 Å². The van der Waals surface area contributed by atoms with Crippen molar-refractivity contribution in [2.45, 2.75) is 32.7 Å². The van der Waals surface area contributed by atoms with Gasteiger partial charge in [0.25, 0.3) is 0 Å². The van der Waals surface area contributed by atoms with Crippen LogP contribution >= 0.6 is 0 Å². The first-order valence-electron chi connectivity index (χ1n) is 8.35. The molecule has 0 aliphatic carbocycles. The Morgan fingerprint density at radius 1 is 1.38 bits per heavy atom. The van der Waals surface area contributed by atoms with Gasteiger partial charge in [-0.2, -0.15) is 0 Å². The van der Waals surface area contributed by atoms with Gasteiger partial charge >= 0.3 is 0 Å². The number of halogens is 2. The monoisotopic (exact) mass is 337 g/mol. The van der Waals surface area contributed by atoms with E-state index in [1.54, 1.807) is 0 Å². The fraction of sp³-hybridized carbons (Fsp3) is 0.500. The number of guanidine groups is 1. The highest BCUT2D eigenvalue weighted by Gasteiger charge is 2.13. The van der Waals surface area contributed by atoms with E-state index in [0.29, 0.717) is 31.2 Å². The minimum Gasteiger partial charge on any atom is -0.377 e. The summed E-state index contributed by atoms with van der Waals surface area (Å²) in [5, 5.41) is 6.31. The third-order valence-corrected chi connectivity index (χ3v) is 3.89. The van der Waals surface area contributed by atoms with Crippen LogP contribution in [0.15, 0.2) is 34.8 Å². The molecule has 0 fully saturated rings. The van der Waals surface area contributed by atoms with Gasteiger partial charge in [-0.15, -0.1) is 0 Å². The van der Waals surface area contributed by atoms with Crippen molar-refractivity contribution in [1.82, 2.24) is 10.6 Å². The fourth-order valence-corrected chi connectivity index (χ4v) is 2.56. The van der Waals surface area contributed by atoms with Crippen LogP contribution in [0.3, 0.4) is 0 Å². The lowest BCUT2D eigenvalue weighted by Crippen LogP contribution is -2.39. The van der Waals surface area contributed by atoms with Crippen LogP contribution in [0.25, 0.3) is 0 Å². The smallest absolute Gasteiger partial charge is 0.191 e. The molecule has 4 nitrogen and oxygen atoms in total. The van der Waals surface area contributed by atoms with Gasteiger partial charge < -0.3 is 15.4 Å². The van der Waals surface area contributed by atoms with Crippen molar-refractivity contribution in [3.63, 3.8) is 0 Å². The molecule has 2 rings (SSSR count). The summed E-state index contributed by atoms with van der Waals surface area (Å²) in [6.45, 7) is 6.61. The number of aliphatic imine (C=N–C) groups is 1. The zero-order valence-electron chi connectivity index (χ0n) is 14.2. The lowest BCUT2D eigenvalue weighted by molar-refractivity contribution is 0.153. The molecule has 1 aliphatic rings. The molecule has 6 heteroatoms. The van der Waals surface area contributed by atoms with Gasteiger partial charge in [-0.1, -0.05) is 17.7 Å². The highest BCUT2D eigenvalue weighted by Crippen LogP contribution is 2.17. The third kappa shape index (κ3) is 5.60. The Balaban J connectivity index is 1.95. The summed E-state index contributed by atoms with van der Waals surface area (Å²) >= 11 is 0. The molecule has 1 aliphatic heterocycles. The van der Waals surface area contributed by atoms with Crippen molar-refractivity contribution in [1.29, 1.82) is 0 Å². The SMILES string of the molecule is CCNC(=NCCC1=CCOCC1)NC(C)c1ccc(F)cc1F. The molecule has 1 aromatic carbocycles. The summed E-state index contributed by atoms with van der Waals surface area (Å²) in [4.78, 5) is 4.54. The zero-order valence-corrected chi connectivity index (χ0v) is 14.2. The Morgan fingerprint density at radius 2 is 2.21 bits per heavy atom. The van der Waals surface area contributed by atoms with Gasteiger partial charge in [0.05, 0.1) is 19.3 Å². The third-order valence-electron chi connectivity index (χ3n) is 3.89. The highest BCUT2D eigenvalue weighted by molar-refractivity contribution is 5.80. The second kappa shape index (κ2) is 9.37. The van der Waals surface area contributed by atoms with Crippen molar-refractivity contribution in [3.8, 4) is 0 Å². The maximum Gasteiger partial charge on any atom is 0.191 e. The van der Waals surface area contributed by atoms with Crippen molar-refractivity contribution < 1.29 is 13.5 Å². The van der Waals surface area contributed by atoms with Crippen molar-refractivity contribution in [2.75, 3.05) is 26.3 Å². The molecule has 0 spiro atoms. The summed E-state index contributed by atoms with van der Waals surface area (Å²) in [6, 6.07) is 3.30. The molecule has 1 heterocycles. The molecule has 0 bridgehead atoms. The fourth-order valence-electron chi connectivity index (χ4n) is 2.56. The largest absolute Gasteiger partial charge is 0.377 e. The molecule has 0 radical (unpaired) electrons. The molecule has 2 N–H and O–H groups in total. The zero-order chi connectivity index (χ0) is 17.4. The average molecular weight is 337 g/mol. The van der Waals surface area contributed by atoms with Gasteiger partial charge in [0, 0.05) is 24.7 Å². The van der Waals surface area contributed by atoms with E-state index in [2.05, 4.69) is 21.7 Å². The van der Waals surface area contributed by atoms with Crippen LogP contribution in [0.1, 0.15) is 38.3 Å². The van der Waals surface area contributed by atoms with Crippen LogP contribution in [0.2, 0.25) is 0 Å². The Morgan fingerprint density at radius 3 is 2.88 bits per heavy atom. The molecule has 24 heavy (non-hydrogen) atoms. The number of hydrogen-bond donors (Lipinski definition) is 2. The first-order valence-corrected chi connectivity index (χ1v) is 8.35. The van der Waals surface area contributed by atoms with Gasteiger partial charge in [0.15, 0.2) is 5.96 Å². The summed E-state index contributed by atoms with van der Waals surface area (Å²) < 4.78 is 32.2. The van der Waals surface area contributed by atoms with E-state index in [0.717, 1.165) is 25.5 Å². The van der Waals surface area contributed by atoms with Crippen LogP contribution in [0, 0.1) is 11.6 Å². The van der Waals surface area contributed by atoms with Crippen molar-refractivity contribution in [2.24, 2.45) is 4.99 Å². The summed E-state index contributed by atoms with van der Waals surface area (Å²) in [6.07, 6.45) is 3.95. The van der Waals surface area contributed by atoms with Crippen LogP contribution in [0.5, 0.6) is 0 Å². The Bertz CT molecular complexity index is 602. The molecule has 0 saturated heterocycles. The average Bonchev–Trinajstić information content (AvgIpc) is 2.55. The van der Waals surface area contributed by atoms with Gasteiger partial charge in [0.1, 0.15) is 11.6 Å². The second-order valence-corrected chi connectivity index (χ2v) is 5.73. The molecule has 0 aromatic heterocycles. The van der Waals surface area contributed by atoms with E-state index < -0.39 is 11.6 Å². The minimum atomic E-state index is -0.575. The number of nitrogens with zero attached hydrogens (tertiary/aromatic N) is 1. The highest BCUT2D eigenvalue weighted by atomic mass is 19.1. The molecule has 1 atom stereocenters. The number of nitrogens with one attached hydrogen (secondary N) is 2. The lowest BCUT2D eigenvalue weighted by atomic mass is 10.1. The number of hydrogen-bond acceptors (Lipinski definition) is 2. The van der Waals surface area contributed by atoms with E-state index in [-0.39, 0.29) is 6.04 Å². The summed E-state index contributed by atoms with van der Waals surface area (Å²) in [7, 11) is 0. The van der Waals surface area contributed by atoms with E-state index >= 15 is 0 Å². The van der Waals surface area contributed by atoms with Crippen LogP contribution in [-0.2, 0) is 4.74 Å². The van der Waals surface area contributed by atoms with Gasteiger partial charge in [-0.25, -0.2) is 8.78 Å². The van der Waals surface area contributed by atoms with Crippen LogP contribution in [-0.4, -0.2) is 32.3 Å². The topological polar surface area (TPSA) is 45.7 Å². The molecule has 132 valence electrons. The Labute approximate surface area is 142 Å². The predicted molar refractivity (Wildman–Crippen MR) is 92.0 cm³/mol. The number of ether oxygens (including phenoxy) is 1. The first kappa shape index (κ1) is 18.4. The molecular weight excluding hydrogens is 312 g/mol. The van der Waals surface area contributed by atoms with Gasteiger partial charge in [-0.3, -0.25) is 4.99 Å².